The second-order valence-electron chi connectivity index (χ2n) is 3.06. The Morgan fingerprint density at radius 1 is 1.21 bits per heavy atom. The van der Waals surface area contributed by atoms with Crippen LogP contribution in [0.5, 0.6) is 0 Å². The molecule has 0 atom stereocenters. The number of rotatable bonds is 1. The monoisotopic (exact) mass is 184 g/mol. The maximum atomic E-state index is 4.33. The van der Waals surface area contributed by atoms with E-state index in [-0.39, 0.29) is 0 Å². The number of hydrogen-bond donors (Lipinski definition) is 1. The average molecular weight is 184 g/mol. The molecule has 0 saturated heterocycles. The first-order chi connectivity index (χ1) is 6.95. The van der Waals surface area contributed by atoms with Crippen molar-refractivity contribution in [3.63, 3.8) is 0 Å². The van der Waals surface area contributed by atoms with Gasteiger partial charge in [-0.3, -0.25) is 5.10 Å². The van der Waals surface area contributed by atoms with E-state index >= 15 is 0 Å². The highest BCUT2D eigenvalue weighted by molar-refractivity contribution is 5.74. The SMILES string of the molecule is c1ccn2cnc(-c3ccn[nH]3)c2c1. The van der Waals surface area contributed by atoms with Crippen LogP contribution in [0.25, 0.3) is 16.9 Å². The van der Waals surface area contributed by atoms with Gasteiger partial charge in [0.2, 0.25) is 0 Å². The molecule has 0 unspecified atom stereocenters. The second kappa shape index (κ2) is 2.70. The smallest absolute Gasteiger partial charge is 0.114 e. The van der Waals surface area contributed by atoms with Crippen molar-refractivity contribution in [3.05, 3.63) is 43.0 Å². The highest BCUT2D eigenvalue weighted by Gasteiger charge is 2.06. The molecule has 0 spiro atoms. The van der Waals surface area contributed by atoms with Gasteiger partial charge in [0, 0.05) is 12.4 Å². The molecule has 0 aliphatic rings. The first kappa shape index (κ1) is 7.32. The van der Waals surface area contributed by atoms with Gasteiger partial charge in [-0.1, -0.05) is 6.07 Å². The van der Waals surface area contributed by atoms with Crippen LogP contribution in [0, 0.1) is 0 Å². The third kappa shape index (κ3) is 0.939. The topological polar surface area (TPSA) is 46.0 Å². The molecule has 3 aromatic heterocycles. The van der Waals surface area contributed by atoms with Crippen LogP contribution in [-0.4, -0.2) is 19.6 Å². The molecule has 3 heterocycles. The summed E-state index contributed by atoms with van der Waals surface area (Å²) in [6, 6.07) is 7.92. The largest absolute Gasteiger partial charge is 0.306 e. The summed E-state index contributed by atoms with van der Waals surface area (Å²) in [7, 11) is 0. The van der Waals surface area contributed by atoms with Crippen molar-refractivity contribution < 1.29 is 0 Å². The van der Waals surface area contributed by atoms with E-state index in [4.69, 9.17) is 0 Å². The molecule has 68 valence electrons. The first-order valence-corrected chi connectivity index (χ1v) is 4.36. The maximum Gasteiger partial charge on any atom is 0.114 e. The zero-order valence-corrected chi connectivity index (χ0v) is 7.38. The van der Waals surface area contributed by atoms with E-state index in [0.29, 0.717) is 0 Å². The molecule has 14 heavy (non-hydrogen) atoms. The van der Waals surface area contributed by atoms with Gasteiger partial charge in [0.1, 0.15) is 12.0 Å². The molecule has 4 heteroatoms. The fourth-order valence-corrected chi connectivity index (χ4v) is 1.54. The van der Waals surface area contributed by atoms with Crippen LogP contribution in [0.4, 0.5) is 0 Å². The van der Waals surface area contributed by atoms with E-state index in [1.807, 2.05) is 34.9 Å². The molecule has 0 aliphatic carbocycles. The molecule has 0 saturated carbocycles. The molecule has 3 rings (SSSR count). The molecular weight excluding hydrogens is 176 g/mol. The molecule has 1 N–H and O–H groups in total. The summed E-state index contributed by atoms with van der Waals surface area (Å²) in [5.41, 5.74) is 2.96. The van der Waals surface area contributed by atoms with Gasteiger partial charge < -0.3 is 4.40 Å². The van der Waals surface area contributed by atoms with Gasteiger partial charge in [0.25, 0.3) is 0 Å². The molecule has 0 fully saturated rings. The van der Waals surface area contributed by atoms with E-state index < -0.39 is 0 Å². The van der Waals surface area contributed by atoms with Crippen LogP contribution in [-0.2, 0) is 0 Å². The molecule has 0 amide bonds. The Morgan fingerprint density at radius 2 is 2.21 bits per heavy atom. The zero-order chi connectivity index (χ0) is 9.38. The van der Waals surface area contributed by atoms with Crippen LogP contribution in [0.1, 0.15) is 0 Å². The Hall–Kier alpha value is -2.10. The van der Waals surface area contributed by atoms with Crippen molar-refractivity contribution in [3.8, 4) is 11.4 Å². The van der Waals surface area contributed by atoms with Crippen LogP contribution < -0.4 is 0 Å². The number of nitrogens with zero attached hydrogens (tertiary/aromatic N) is 3. The Bertz CT molecular complexity index is 550. The summed E-state index contributed by atoms with van der Waals surface area (Å²) in [6.45, 7) is 0. The van der Waals surface area contributed by atoms with Crippen molar-refractivity contribution in [1.29, 1.82) is 0 Å². The van der Waals surface area contributed by atoms with Gasteiger partial charge in [0.05, 0.1) is 11.2 Å². The molecule has 0 radical (unpaired) electrons. The molecule has 0 aromatic carbocycles. The summed E-state index contributed by atoms with van der Waals surface area (Å²) in [5, 5.41) is 6.82. The quantitative estimate of drug-likeness (QED) is 0.626. The van der Waals surface area contributed by atoms with Crippen LogP contribution in [0.2, 0.25) is 0 Å². The summed E-state index contributed by atoms with van der Waals surface area (Å²) >= 11 is 0. The number of hydrogen-bond acceptors (Lipinski definition) is 2. The maximum absolute atomic E-state index is 4.33. The van der Waals surface area contributed by atoms with Crippen molar-refractivity contribution in [2.24, 2.45) is 0 Å². The Morgan fingerprint density at radius 3 is 3.07 bits per heavy atom. The lowest BCUT2D eigenvalue weighted by molar-refractivity contribution is 1.09. The standard InChI is InChI=1S/C10H8N4/c1-2-6-14-7-11-10(9(14)3-1)8-4-5-12-13-8/h1-7H,(H,12,13). The van der Waals surface area contributed by atoms with Crippen molar-refractivity contribution in [2.45, 2.75) is 0 Å². The molecule has 3 aromatic rings. The summed E-state index contributed by atoms with van der Waals surface area (Å²) in [4.78, 5) is 4.33. The highest BCUT2D eigenvalue weighted by atomic mass is 15.1. The van der Waals surface area contributed by atoms with Crippen molar-refractivity contribution >= 4 is 5.52 Å². The second-order valence-corrected chi connectivity index (χ2v) is 3.06. The van der Waals surface area contributed by atoms with Gasteiger partial charge in [-0.2, -0.15) is 5.10 Å². The van der Waals surface area contributed by atoms with Gasteiger partial charge in [-0.15, -0.1) is 0 Å². The van der Waals surface area contributed by atoms with Gasteiger partial charge in [0.15, 0.2) is 0 Å². The normalized spacial score (nSPS) is 10.9. The number of aromatic nitrogens is 4. The molecule has 4 nitrogen and oxygen atoms in total. The Kier molecular flexibility index (Phi) is 1.41. The molecule has 0 bridgehead atoms. The van der Waals surface area contributed by atoms with Gasteiger partial charge in [-0.05, 0) is 18.2 Å². The number of nitrogens with one attached hydrogen (secondary N) is 1. The predicted octanol–water partition coefficient (Wildman–Crippen LogP) is 1.72. The van der Waals surface area contributed by atoms with Crippen LogP contribution >= 0.6 is 0 Å². The van der Waals surface area contributed by atoms with E-state index in [1.165, 1.54) is 0 Å². The fraction of sp³-hybridized carbons (Fsp3) is 0. The minimum absolute atomic E-state index is 0.933. The average Bonchev–Trinajstić information content (AvgIpc) is 2.85. The fourth-order valence-electron chi connectivity index (χ4n) is 1.54. The summed E-state index contributed by atoms with van der Waals surface area (Å²) in [5.74, 6) is 0. The number of H-pyrrole nitrogens is 1. The summed E-state index contributed by atoms with van der Waals surface area (Å²) in [6.07, 6.45) is 5.50. The minimum Gasteiger partial charge on any atom is -0.306 e. The van der Waals surface area contributed by atoms with E-state index in [1.54, 1.807) is 12.5 Å². The van der Waals surface area contributed by atoms with Crippen molar-refractivity contribution in [1.82, 2.24) is 19.6 Å². The van der Waals surface area contributed by atoms with E-state index in [0.717, 1.165) is 16.9 Å². The van der Waals surface area contributed by atoms with Gasteiger partial charge in [-0.25, -0.2) is 4.98 Å². The number of aromatic amines is 1. The molecule has 0 aliphatic heterocycles. The minimum atomic E-state index is 0.933. The zero-order valence-electron chi connectivity index (χ0n) is 7.38. The third-order valence-electron chi connectivity index (χ3n) is 2.20. The predicted molar refractivity (Wildman–Crippen MR) is 52.8 cm³/mol. The number of pyridine rings is 1. The van der Waals surface area contributed by atoms with Crippen LogP contribution in [0.3, 0.4) is 0 Å². The Labute approximate surface area is 80.2 Å². The van der Waals surface area contributed by atoms with E-state index in [2.05, 4.69) is 15.2 Å². The third-order valence-corrected chi connectivity index (χ3v) is 2.20. The Balaban J connectivity index is 2.33. The lowest BCUT2D eigenvalue weighted by Gasteiger charge is -1.93. The lowest BCUT2D eigenvalue weighted by Crippen LogP contribution is -1.81. The summed E-state index contributed by atoms with van der Waals surface area (Å²) < 4.78 is 1.98. The van der Waals surface area contributed by atoms with Gasteiger partial charge >= 0.3 is 0 Å². The van der Waals surface area contributed by atoms with Crippen LogP contribution in [0.15, 0.2) is 43.0 Å². The number of imidazole rings is 1. The molecular formula is C10H8N4. The first-order valence-electron chi connectivity index (χ1n) is 4.36. The number of fused-ring (bicyclic) bond motifs is 1. The van der Waals surface area contributed by atoms with E-state index in [9.17, 15) is 0 Å². The van der Waals surface area contributed by atoms with Crippen molar-refractivity contribution in [2.75, 3.05) is 0 Å². The highest BCUT2D eigenvalue weighted by Crippen LogP contribution is 2.19. The lowest BCUT2D eigenvalue weighted by atomic mass is 10.2.